The van der Waals surface area contributed by atoms with Gasteiger partial charge in [0.05, 0.1) is 12.9 Å². The third-order valence-electron chi connectivity index (χ3n) is 5.31. The average molecular weight is 508 g/mol. The van der Waals surface area contributed by atoms with Crippen molar-refractivity contribution in [3.05, 3.63) is 65.5 Å². The lowest BCUT2D eigenvalue weighted by molar-refractivity contribution is -0.113. The minimum absolute atomic E-state index is 0.114. The molecule has 180 valence electrons. The van der Waals surface area contributed by atoms with Crippen molar-refractivity contribution in [2.24, 2.45) is 7.05 Å². The molecule has 0 bridgehead atoms. The van der Waals surface area contributed by atoms with Gasteiger partial charge in [0.2, 0.25) is 5.91 Å². The topological polar surface area (TPSA) is 89.3 Å². The summed E-state index contributed by atoms with van der Waals surface area (Å²) in [6.07, 6.45) is 0. The van der Waals surface area contributed by atoms with Crippen LogP contribution in [0.25, 0.3) is 22.5 Å². The maximum absolute atomic E-state index is 12.8. The van der Waals surface area contributed by atoms with Crippen LogP contribution in [0, 0.1) is 0 Å². The minimum atomic E-state index is -0.494. The van der Waals surface area contributed by atoms with E-state index in [1.807, 2.05) is 90.6 Å². The van der Waals surface area contributed by atoms with E-state index in [9.17, 15) is 9.59 Å². The largest absolute Gasteiger partial charge is 0.465 e. The zero-order valence-corrected chi connectivity index (χ0v) is 21.4. The molecule has 2 aromatic carbocycles. The Labute approximate surface area is 211 Å². The van der Waals surface area contributed by atoms with Crippen LogP contribution >= 0.6 is 23.1 Å². The van der Waals surface area contributed by atoms with Crippen molar-refractivity contribution in [3.8, 4) is 22.5 Å². The number of thioether (sulfide) groups is 1. The Hall–Kier alpha value is -3.63. The molecule has 1 N–H and O–H groups in total. The van der Waals surface area contributed by atoms with Crippen molar-refractivity contribution in [2.75, 3.05) is 37.2 Å². The van der Waals surface area contributed by atoms with E-state index in [1.54, 1.807) is 0 Å². The number of aromatic nitrogens is 3. The van der Waals surface area contributed by atoms with E-state index in [1.165, 1.54) is 30.2 Å². The van der Waals surface area contributed by atoms with Gasteiger partial charge in [0.25, 0.3) is 0 Å². The van der Waals surface area contributed by atoms with Gasteiger partial charge in [-0.05, 0) is 17.7 Å². The van der Waals surface area contributed by atoms with Gasteiger partial charge in [-0.2, -0.15) is 0 Å². The summed E-state index contributed by atoms with van der Waals surface area (Å²) >= 11 is 2.57. The van der Waals surface area contributed by atoms with Crippen LogP contribution in [0.1, 0.15) is 10.4 Å². The summed E-state index contributed by atoms with van der Waals surface area (Å²) in [5, 5.41) is 14.4. The van der Waals surface area contributed by atoms with E-state index in [0.29, 0.717) is 15.7 Å². The van der Waals surface area contributed by atoms with Gasteiger partial charge in [0, 0.05) is 43.3 Å². The van der Waals surface area contributed by atoms with E-state index >= 15 is 0 Å². The quantitative estimate of drug-likeness (QED) is 0.271. The smallest absolute Gasteiger partial charge is 0.341 e. The fraction of sp³-hybridized carbons (Fsp3) is 0.200. The van der Waals surface area contributed by atoms with Crippen molar-refractivity contribution in [1.29, 1.82) is 0 Å². The maximum Gasteiger partial charge on any atom is 0.341 e. The molecule has 10 heteroatoms. The predicted octanol–water partition coefficient (Wildman–Crippen LogP) is 4.79. The molecular formula is C25H25N5O3S2. The fourth-order valence-corrected chi connectivity index (χ4v) is 5.18. The van der Waals surface area contributed by atoms with Gasteiger partial charge < -0.3 is 19.5 Å². The number of rotatable bonds is 8. The number of hydrogen-bond acceptors (Lipinski definition) is 8. The third-order valence-corrected chi connectivity index (χ3v) is 7.22. The molecule has 35 heavy (non-hydrogen) atoms. The first-order chi connectivity index (χ1) is 16.9. The summed E-state index contributed by atoms with van der Waals surface area (Å²) in [5.41, 5.74) is 3.96. The van der Waals surface area contributed by atoms with Crippen LogP contribution in [0.5, 0.6) is 0 Å². The van der Waals surface area contributed by atoms with Crippen LogP contribution in [-0.2, 0) is 16.6 Å². The number of thiophene rings is 1. The van der Waals surface area contributed by atoms with Gasteiger partial charge in [0.1, 0.15) is 10.6 Å². The van der Waals surface area contributed by atoms with Gasteiger partial charge in [-0.3, -0.25) is 4.79 Å². The third kappa shape index (κ3) is 5.39. The summed E-state index contributed by atoms with van der Waals surface area (Å²) < 4.78 is 6.84. The molecular weight excluding hydrogens is 482 g/mol. The standard InChI is InChI=1S/C25H25N5O3S2/c1-29(2)18-12-8-11-17(13-18)22-27-28-25(30(22)3)35-15-20(31)26-23-21(24(32)33-4)19(14-34-23)16-9-6-5-7-10-16/h5-14H,15H2,1-4H3,(H,26,31). The van der Waals surface area contributed by atoms with E-state index in [2.05, 4.69) is 15.5 Å². The van der Waals surface area contributed by atoms with E-state index in [-0.39, 0.29) is 11.7 Å². The molecule has 8 nitrogen and oxygen atoms in total. The lowest BCUT2D eigenvalue weighted by Crippen LogP contribution is -2.16. The first-order valence-corrected chi connectivity index (χ1v) is 12.6. The number of hydrogen-bond donors (Lipinski definition) is 1. The second-order valence-corrected chi connectivity index (χ2v) is 9.68. The molecule has 0 saturated carbocycles. The van der Waals surface area contributed by atoms with Gasteiger partial charge in [-0.15, -0.1) is 21.5 Å². The molecule has 4 rings (SSSR count). The fourth-order valence-electron chi connectivity index (χ4n) is 3.49. The van der Waals surface area contributed by atoms with Gasteiger partial charge in [0.15, 0.2) is 11.0 Å². The van der Waals surface area contributed by atoms with Crippen molar-refractivity contribution in [1.82, 2.24) is 14.8 Å². The van der Waals surface area contributed by atoms with Crippen LogP contribution < -0.4 is 10.2 Å². The van der Waals surface area contributed by atoms with Gasteiger partial charge in [-0.25, -0.2) is 4.79 Å². The lowest BCUT2D eigenvalue weighted by Gasteiger charge is -2.13. The number of carbonyl (C=O) groups is 2. The Morgan fingerprint density at radius 1 is 1.09 bits per heavy atom. The molecule has 0 saturated heterocycles. The van der Waals surface area contributed by atoms with Crippen molar-refractivity contribution in [3.63, 3.8) is 0 Å². The predicted molar refractivity (Wildman–Crippen MR) is 141 cm³/mol. The average Bonchev–Trinajstić information content (AvgIpc) is 3.46. The first-order valence-electron chi connectivity index (χ1n) is 10.7. The van der Waals surface area contributed by atoms with Crippen molar-refractivity contribution >= 4 is 45.7 Å². The molecule has 0 spiro atoms. The van der Waals surface area contributed by atoms with Crippen LogP contribution in [0.2, 0.25) is 0 Å². The number of esters is 1. The molecule has 1 amide bonds. The van der Waals surface area contributed by atoms with Crippen molar-refractivity contribution in [2.45, 2.75) is 5.16 Å². The zero-order chi connectivity index (χ0) is 24.9. The van der Waals surface area contributed by atoms with Gasteiger partial charge >= 0.3 is 5.97 Å². The highest BCUT2D eigenvalue weighted by Crippen LogP contribution is 2.36. The van der Waals surface area contributed by atoms with E-state index in [4.69, 9.17) is 4.74 Å². The van der Waals surface area contributed by atoms with Crippen LogP contribution in [-0.4, -0.2) is 53.6 Å². The van der Waals surface area contributed by atoms with Crippen LogP contribution in [0.3, 0.4) is 0 Å². The summed E-state index contributed by atoms with van der Waals surface area (Å²) in [5.74, 6) is 0.0881. The minimum Gasteiger partial charge on any atom is -0.465 e. The van der Waals surface area contributed by atoms with E-state index < -0.39 is 5.97 Å². The highest BCUT2D eigenvalue weighted by molar-refractivity contribution is 7.99. The Morgan fingerprint density at radius 3 is 2.54 bits per heavy atom. The Morgan fingerprint density at radius 2 is 1.83 bits per heavy atom. The van der Waals surface area contributed by atoms with Crippen LogP contribution in [0.4, 0.5) is 10.7 Å². The van der Waals surface area contributed by atoms with Crippen molar-refractivity contribution < 1.29 is 14.3 Å². The normalized spacial score (nSPS) is 10.7. The highest BCUT2D eigenvalue weighted by atomic mass is 32.2. The highest BCUT2D eigenvalue weighted by Gasteiger charge is 2.22. The molecule has 0 unspecified atom stereocenters. The molecule has 2 aromatic heterocycles. The second kappa shape index (κ2) is 10.7. The molecule has 0 radical (unpaired) electrons. The number of carbonyl (C=O) groups excluding carboxylic acids is 2. The molecule has 0 aliphatic carbocycles. The SMILES string of the molecule is COC(=O)c1c(-c2ccccc2)csc1NC(=O)CSc1nnc(-c2cccc(N(C)C)c2)n1C. The number of methoxy groups -OCH3 is 1. The molecule has 2 heterocycles. The Balaban J connectivity index is 1.48. The summed E-state index contributed by atoms with van der Waals surface area (Å²) in [4.78, 5) is 27.3. The lowest BCUT2D eigenvalue weighted by atomic mass is 10.0. The zero-order valence-electron chi connectivity index (χ0n) is 19.8. The number of nitrogens with zero attached hydrogens (tertiary/aromatic N) is 4. The second-order valence-electron chi connectivity index (χ2n) is 7.86. The molecule has 0 fully saturated rings. The summed E-state index contributed by atoms with van der Waals surface area (Å²) in [6, 6.07) is 17.5. The van der Waals surface area contributed by atoms with Gasteiger partial charge in [-0.1, -0.05) is 54.2 Å². The number of anilines is 2. The first kappa shape index (κ1) is 24.5. The summed E-state index contributed by atoms with van der Waals surface area (Å²) in [7, 11) is 7.17. The van der Waals surface area contributed by atoms with E-state index in [0.717, 1.165) is 28.2 Å². The Kier molecular flexibility index (Phi) is 7.52. The molecule has 0 atom stereocenters. The number of ether oxygens (including phenoxy) is 1. The Bertz CT molecular complexity index is 1350. The van der Waals surface area contributed by atoms with Crippen LogP contribution in [0.15, 0.2) is 65.1 Å². The summed E-state index contributed by atoms with van der Waals surface area (Å²) in [6.45, 7) is 0. The number of amides is 1. The number of benzene rings is 2. The molecule has 0 aliphatic heterocycles. The molecule has 0 aliphatic rings. The maximum atomic E-state index is 12.8. The monoisotopic (exact) mass is 507 g/mol. The number of nitrogens with one attached hydrogen (secondary N) is 1. The molecule has 4 aromatic rings.